The van der Waals surface area contributed by atoms with Crippen LogP contribution in [0.5, 0.6) is 0 Å². The quantitative estimate of drug-likeness (QED) is 0.738. The van der Waals surface area contributed by atoms with Gasteiger partial charge < -0.3 is 19.5 Å². The van der Waals surface area contributed by atoms with Gasteiger partial charge in [0.1, 0.15) is 6.04 Å². The number of hydrogen-bond acceptors (Lipinski definition) is 5. The minimum Gasteiger partial charge on any atom is -0.480 e. The van der Waals surface area contributed by atoms with Gasteiger partial charge >= 0.3 is 5.97 Å². The summed E-state index contributed by atoms with van der Waals surface area (Å²) in [6.07, 6.45) is 0.0587. The van der Waals surface area contributed by atoms with Crippen LogP contribution in [0.3, 0.4) is 0 Å². The van der Waals surface area contributed by atoms with Crippen molar-refractivity contribution in [3.63, 3.8) is 0 Å². The van der Waals surface area contributed by atoms with E-state index in [1.807, 2.05) is 42.5 Å². The van der Waals surface area contributed by atoms with E-state index in [0.29, 0.717) is 18.8 Å². The summed E-state index contributed by atoms with van der Waals surface area (Å²) in [6, 6.07) is 16.1. The average Bonchev–Trinajstić information content (AvgIpc) is 3.40. The molecule has 1 atom stereocenters. The molecule has 4 rings (SSSR count). The van der Waals surface area contributed by atoms with E-state index in [9.17, 15) is 19.5 Å². The maximum absolute atomic E-state index is 12.7. The molecule has 2 fully saturated rings. The van der Waals surface area contributed by atoms with E-state index in [1.165, 1.54) is 4.90 Å². The second-order valence-corrected chi connectivity index (χ2v) is 7.55. The lowest BCUT2D eigenvalue weighted by Gasteiger charge is -2.23. The number of amides is 1. The summed E-state index contributed by atoms with van der Waals surface area (Å²) < 4.78 is 11.1. The maximum Gasteiger partial charge on any atom is 0.326 e. The number of aliphatic carboxylic acids is 1. The highest BCUT2D eigenvalue weighted by Crippen LogP contribution is 2.35. The number of likely N-dealkylation sites (tertiary alicyclic amines) is 1. The molecule has 0 saturated carbocycles. The van der Waals surface area contributed by atoms with Gasteiger partial charge in [0.15, 0.2) is 11.6 Å². The fourth-order valence-corrected chi connectivity index (χ4v) is 4.02. The fourth-order valence-electron chi connectivity index (χ4n) is 4.02. The van der Waals surface area contributed by atoms with Crippen LogP contribution in [0.25, 0.3) is 11.1 Å². The summed E-state index contributed by atoms with van der Waals surface area (Å²) in [6.45, 7) is 0.834. The number of ether oxygens (including phenoxy) is 2. The minimum absolute atomic E-state index is 0.0150. The van der Waals surface area contributed by atoms with Gasteiger partial charge in [-0.05, 0) is 11.1 Å². The predicted octanol–water partition coefficient (Wildman–Crippen LogP) is 2.75. The Morgan fingerprint density at radius 2 is 1.57 bits per heavy atom. The number of nitrogens with zero attached hydrogens (tertiary/aromatic N) is 1. The van der Waals surface area contributed by atoms with E-state index < -0.39 is 17.8 Å². The Bertz CT molecular complexity index is 934. The van der Waals surface area contributed by atoms with Crippen molar-refractivity contribution < 1.29 is 29.0 Å². The molecule has 0 aliphatic carbocycles. The molecule has 0 radical (unpaired) electrons. The maximum atomic E-state index is 12.7. The van der Waals surface area contributed by atoms with Crippen molar-refractivity contribution in [1.82, 2.24) is 4.90 Å². The molecule has 7 heteroatoms. The van der Waals surface area contributed by atoms with Crippen molar-refractivity contribution >= 4 is 17.7 Å². The topological polar surface area (TPSA) is 93.1 Å². The zero-order chi connectivity index (χ0) is 21.1. The summed E-state index contributed by atoms with van der Waals surface area (Å²) in [7, 11) is 0. The zero-order valence-corrected chi connectivity index (χ0v) is 16.5. The van der Waals surface area contributed by atoms with Crippen molar-refractivity contribution in [3.05, 3.63) is 60.2 Å². The lowest BCUT2D eigenvalue weighted by atomic mass is 10.0. The lowest BCUT2D eigenvalue weighted by Crippen LogP contribution is -2.41. The second-order valence-electron chi connectivity index (χ2n) is 7.55. The molecule has 2 heterocycles. The Labute approximate surface area is 174 Å². The van der Waals surface area contributed by atoms with Gasteiger partial charge in [-0.25, -0.2) is 4.79 Å². The molecule has 1 spiro atoms. The molecule has 0 unspecified atom stereocenters. The molecule has 0 aromatic heterocycles. The molecule has 2 aromatic carbocycles. The highest BCUT2D eigenvalue weighted by atomic mass is 16.7. The summed E-state index contributed by atoms with van der Waals surface area (Å²) in [5.41, 5.74) is 2.59. The van der Waals surface area contributed by atoms with Crippen LogP contribution in [0.4, 0.5) is 0 Å². The van der Waals surface area contributed by atoms with E-state index in [0.717, 1.165) is 11.1 Å². The van der Waals surface area contributed by atoms with E-state index in [2.05, 4.69) is 0 Å². The number of hydrogen-bond donors (Lipinski definition) is 1. The Kier molecular flexibility index (Phi) is 5.65. The highest BCUT2D eigenvalue weighted by molar-refractivity contribution is 5.98. The van der Waals surface area contributed by atoms with Gasteiger partial charge in [0.05, 0.1) is 19.8 Å². The fraction of sp³-hybridized carbons (Fsp3) is 0.348. The average molecular weight is 409 g/mol. The van der Waals surface area contributed by atoms with Crippen LogP contribution in [-0.2, 0) is 19.1 Å². The Hall–Kier alpha value is -3.03. The Morgan fingerprint density at radius 1 is 0.933 bits per heavy atom. The standard InChI is InChI=1S/C23H23NO6/c25-20(18-8-6-17(7-9-18)16-4-2-1-3-5-16)10-11-21(26)24-15-23(29-12-13-30-23)14-19(24)22(27)28/h1-9,19H,10-15H2,(H,27,28)/t19-/m0/s1. The minimum atomic E-state index is -1.10. The number of carboxylic acid groups (broad SMARTS) is 1. The number of rotatable bonds is 6. The molecule has 2 aromatic rings. The van der Waals surface area contributed by atoms with Crippen LogP contribution >= 0.6 is 0 Å². The molecule has 2 aliphatic heterocycles. The highest BCUT2D eigenvalue weighted by Gasteiger charge is 2.52. The van der Waals surface area contributed by atoms with Crippen LogP contribution in [-0.4, -0.2) is 59.3 Å². The molecule has 30 heavy (non-hydrogen) atoms. The summed E-state index contributed by atoms with van der Waals surface area (Å²) in [5.74, 6) is -2.66. The predicted molar refractivity (Wildman–Crippen MR) is 108 cm³/mol. The molecule has 2 saturated heterocycles. The van der Waals surface area contributed by atoms with Crippen LogP contribution in [0.15, 0.2) is 54.6 Å². The van der Waals surface area contributed by atoms with Crippen molar-refractivity contribution in [1.29, 1.82) is 0 Å². The van der Waals surface area contributed by atoms with E-state index >= 15 is 0 Å². The van der Waals surface area contributed by atoms with Gasteiger partial charge in [-0.3, -0.25) is 9.59 Å². The first-order valence-electron chi connectivity index (χ1n) is 9.96. The van der Waals surface area contributed by atoms with E-state index in [4.69, 9.17) is 9.47 Å². The molecule has 0 bridgehead atoms. The monoisotopic (exact) mass is 409 g/mol. The Balaban J connectivity index is 1.37. The van der Waals surface area contributed by atoms with Gasteiger partial charge in [0.25, 0.3) is 0 Å². The van der Waals surface area contributed by atoms with Crippen LogP contribution < -0.4 is 0 Å². The molecule has 2 aliphatic rings. The number of ketones is 1. The number of carboxylic acids is 1. The summed E-state index contributed by atoms with van der Waals surface area (Å²) >= 11 is 0. The third kappa shape index (κ3) is 4.13. The van der Waals surface area contributed by atoms with E-state index in [1.54, 1.807) is 12.1 Å². The molecule has 1 N–H and O–H groups in total. The molecular formula is C23H23NO6. The first-order chi connectivity index (χ1) is 14.5. The second kappa shape index (κ2) is 8.38. The van der Waals surface area contributed by atoms with Gasteiger partial charge in [-0.1, -0.05) is 54.6 Å². The van der Waals surface area contributed by atoms with Crippen LogP contribution in [0.2, 0.25) is 0 Å². The molecule has 1 amide bonds. The summed E-state index contributed by atoms with van der Waals surface area (Å²) in [5, 5.41) is 9.48. The number of carbonyl (C=O) groups excluding carboxylic acids is 2. The largest absolute Gasteiger partial charge is 0.480 e. The summed E-state index contributed by atoms with van der Waals surface area (Å²) in [4.78, 5) is 38.1. The zero-order valence-electron chi connectivity index (χ0n) is 16.5. The normalized spacial score (nSPS) is 19.9. The van der Waals surface area contributed by atoms with Crippen molar-refractivity contribution in [3.8, 4) is 11.1 Å². The van der Waals surface area contributed by atoms with Crippen molar-refractivity contribution in [2.24, 2.45) is 0 Å². The Morgan fingerprint density at radius 3 is 2.20 bits per heavy atom. The molecule has 7 nitrogen and oxygen atoms in total. The van der Waals surface area contributed by atoms with Crippen LogP contribution in [0, 0.1) is 0 Å². The third-order valence-corrected chi connectivity index (χ3v) is 5.59. The van der Waals surface area contributed by atoms with E-state index in [-0.39, 0.29) is 37.5 Å². The SMILES string of the molecule is O=C(CCC(=O)N1CC2(C[C@H]1C(=O)O)OCCO2)c1ccc(-c2ccccc2)cc1. The van der Waals surface area contributed by atoms with Gasteiger partial charge in [0.2, 0.25) is 5.91 Å². The lowest BCUT2D eigenvalue weighted by molar-refractivity contribution is -0.152. The van der Waals surface area contributed by atoms with Gasteiger partial charge in [0, 0.05) is 24.8 Å². The van der Waals surface area contributed by atoms with Gasteiger partial charge in [-0.2, -0.15) is 0 Å². The first-order valence-corrected chi connectivity index (χ1v) is 9.96. The third-order valence-electron chi connectivity index (χ3n) is 5.59. The van der Waals surface area contributed by atoms with Crippen molar-refractivity contribution in [2.45, 2.75) is 31.1 Å². The number of benzene rings is 2. The molecular weight excluding hydrogens is 386 g/mol. The smallest absolute Gasteiger partial charge is 0.326 e. The number of carbonyl (C=O) groups is 3. The first kappa shape index (κ1) is 20.3. The molecule has 156 valence electrons. The number of Topliss-reactive ketones (excluding diaryl/α,β-unsaturated/α-hetero) is 1. The van der Waals surface area contributed by atoms with Crippen molar-refractivity contribution in [2.75, 3.05) is 19.8 Å². The van der Waals surface area contributed by atoms with Gasteiger partial charge in [-0.15, -0.1) is 0 Å². The van der Waals surface area contributed by atoms with Crippen LogP contribution in [0.1, 0.15) is 29.6 Å².